The van der Waals surface area contributed by atoms with Crippen molar-refractivity contribution in [1.82, 2.24) is 5.57 Å². The molecule has 0 bridgehead atoms. The van der Waals surface area contributed by atoms with Gasteiger partial charge in [-0.25, -0.2) is 0 Å². The summed E-state index contributed by atoms with van der Waals surface area (Å²) < 4.78 is 28.5. The molecule has 0 aliphatic carbocycles. The predicted molar refractivity (Wildman–Crippen MR) is 5.85 cm³/mol. The summed E-state index contributed by atoms with van der Waals surface area (Å²) in [6, 6.07) is 0. The smallest absolute Gasteiger partial charge is 0.0662 e. The molecule has 0 saturated carbocycles. The molecular weight excluding hydrogens is 135 g/mol. The summed E-state index contributed by atoms with van der Waals surface area (Å²) in [5.41, 5.74) is -2.50. The molecule has 0 aromatic heterocycles. The van der Waals surface area contributed by atoms with E-state index >= 15 is 0 Å². The minimum absolute atomic E-state index is 0. The fraction of sp³-hybridized carbons (Fsp3) is 0. The van der Waals surface area contributed by atoms with Gasteiger partial charge in [0.2, 0.25) is 0 Å². The minimum Gasteiger partial charge on any atom is -0.0662 e. The fourth-order valence-electron chi connectivity index (χ4n) is 0. The number of nitrogens with zero attached hydrogens (tertiary/aromatic N) is 1. The Bertz CT molecular complexity index is 15.5. The second-order valence-electron chi connectivity index (χ2n) is 0.192. The molecular formula is F3NOTi. The molecule has 0 rings (SSSR count). The van der Waals surface area contributed by atoms with Crippen molar-refractivity contribution >= 4 is 0 Å². The van der Waals surface area contributed by atoms with Crippen molar-refractivity contribution in [2.45, 2.75) is 0 Å². The Kier molecular flexibility index (Phi) is 24.3. The summed E-state index contributed by atoms with van der Waals surface area (Å²) >= 11 is 0. The van der Waals surface area contributed by atoms with E-state index in [9.17, 15) is 13.4 Å². The van der Waals surface area contributed by atoms with E-state index in [1.807, 2.05) is 0 Å². The molecule has 36 valence electrons. The van der Waals surface area contributed by atoms with Crippen LogP contribution in [-0.4, -0.2) is 5.57 Å². The van der Waals surface area contributed by atoms with Crippen molar-refractivity contribution in [2.24, 2.45) is 0 Å². The Hall–Kier alpha value is 0.424. The van der Waals surface area contributed by atoms with Gasteiger partial charge in [0.05, 0.1) is 0 Å². The van der Waals surface area contributed by atoms with Crippen molar-refractivity contribution in [2.75, 3.05) is 0 Å². The van der Waals surface area contributed by atoms with E-state index < -0.39 is 5.57 Å². The van der Waals surface area contributed by atoms with E-state index in [0.29, 0.717) is 0 Å². The first-order chi connectivity index (χ1) is 1.73. The van der Waals surface area contributed by atoms with Gasteiger partial charge in [0, 0.05) is 27.2 Å². The van der Waals surface area contributed by atoms with Crippen LogP contribution < -0.4 is 0 Å². The Morgan fingerprint density at radius 1 is 1.00 bits per heavy atom. The van der Waals surface area contributed by atoms with Gasteiger partial charge in [0.1, 0.15) is 0 Å². The van der Waals surface area contributed by atoms with Gasteiger partial charge in [0.15, 0.2) is 5.57 Å². The van der Waals surface area contributed by atoms with Crippen LogP contribution >= 0.6 is 0 Å². The Balaban J connectivity index is -0.0000000450. The number of hydrogen-bond donors (Lipinski definition) is 0. The van der Waals surface area contributed by atoms with Crippen LogP contribution in [-0.2, 0) is 27.2 Å². The fourth-order valence-corrected chi connectivity index (χ4v) is 0. The maximum atomic E-state index is 9.50. The quantitative estimate of drug-likeness (QED) is 0.357. The van der Waals surface area contributed by atoms with Crippen molar-refractivity contribution in [3.8, 4) is 0 Å². The van der Waals surface area contributed by atoms with Crippen LogP contribution in [0.3, 0.4) is 0 Å². The van der Waals surface area contributed by atoms with E-state index in [-0.39, 0.29) is 27.2 Å². The van der Waals surface area contributed by atoms with Crippen LogP contribution in [0.1, 0.15) is 0 Å². The van der Waals surface area contributed by atoms with Crippen LogP contribution in [0.4, 0.5) is 13.4 Å². The molecule has 0 heterocycles. The van der Waals surface area contributed by atoms with Crippen molar-refractivity contribution < 1.29 is 40.6 Å². The van der Waals surface area contributed by atoms with E-state index in [1.54, 1.807) is 0 Å². The molecule has 2 radical (unpaired) electrons. The second-order valence-corrected chi connectivity index (χ2v) is 0.192. The van der Waals surface area contributed by atoms with Crippen molar-refractivity contribution in [1.29, 1.82) is 0 Å². The number of hydrogen-bond acceptors (Lipinski definition) is 1. The number of halogens is 3. The summed E-state index contributed by atoms with van der Waals surface area (Å²) in [6.45, 7) is 0. The minimum atomic E-state index is -2.50. The van der Waals surface area contributed by atoms with E-state index in [1.165, 1.54) is 0 Å². The van der Waals surface area contributed by atoms with Crippen LogP contribution in [0.5, 0.6) is 0 Å². The van der Waals surface area contributed by atoms with Crippen LogP contribution in [0.25, 0.3) is 0 Å². The molecule has 0 aliphatic rings. The van der Waals surface area contributed by atoms with Gasteiger partial charge in [0.25, 0.3) is 0 Å². The van der Waals surface area contributed by atoms with Crippen LogP contribution in [0.2, 0.25) is 0 Å². The zero-order valence-electron chi connectivity index (χ0n) is 2.49. The van der Waals surface area contributed by atoms with Crippen molar-refractivity contribution in [3.63, 3.8) is 0 Å². The molecule has 0 saturated heterocycles. The maximum Gasteiger partial charge on any atom is 0.199 e. The molecule has 0 unspecified atom stereocenters. The summed E-state index contributed by atoms with van der Waals surface area (Å²) in [7, 11) is 0. The molecule has 0 spiro atoms. The maximum absolute atomic E-state index is 9.50. The first-order valence-electron chi connectivity index (χ1n) is 0.507. The third-order valence-corrected chi connectivity index (χ3v) is 0. The van der Waals surface area contributed by atoms with Gasteiger partial charge in [-0.15, -0.1) is 0 Å². The molecule has 0 fully saturated rings. The van der Waals surface area contributed by atoms with Gasteiger partial charge in [-0.1, -0.05) is 13.4 Å². The first kappa shape index (κ1) is 16.1. The van der Waals surface area contributed by atoms with Gasteiger partial charge < -0.3 is 0 Å². The number of rotatable bonds is 0. The van der Waals surface area contributed by atoms with Gasteiger partial charge in [-0.3, -0.25) is 0 Å². The molecule has 0 amide bonds. The van der Waals surface area contributed by atoms with Gasteiger partial charge >= 0.3 is 0 Å². The van der Waals surface area contributed by atoms with Crippen LogP contribution in [0.15, 0.2) is 0 Å². The average Bonchev–Trinajstić information content (AvgIpc) is 0.811. The predicted octanol–water partition coefficient (Wildman–Crippen LogP) is 0.821. The molecule has 6 heavy (non-hydrogen) atoms. The zero-order chi connectivity index (χ0) is 3.58. The third kappa shape index (κ3) is 288. The largest absolute Gasteiger partial charge is 0.199 e. The normalized spacial score (nSPS) is 6.00. The second kappa shape index (κ2) is 9.06. The molecule has 0 aromatic carbocycles. The van der Waals surface area contributed by atoms with E-state index in [4.69, 9.17) is 0 Å². The summed E-state index contributed by atoms with van der Waals surface area (Å²) in [5, 5.41) is 0. The molecule has 2 nitrogen and oxygen atoms in total. The third-order valence-electron chi connectivity index (χ3n) is 0. The Morgan fingerprint density at radius 2 is 1.00 bits per heavy atom. The van der Waals surface area contributed by atoms with E-state index in [2.05, 4.69) is 0 Å². The van der Waals surface area contributed by atoms with Crippen LogP contribution in [0, 0.1) is 0 Å². The molecule has 6 heteroatoms. The molecule has 0 aromatic rings. The monoisotopic (exact) mass is 135 g/mol. The summed E-state index contributed by atoms with van der Waals surface area (Å²) in [4.78, 5) is 0. The SMILES string of the molecule is FN(F)F.[O].[Ti]. The molecule has 0 N–H and O–H groups in total. The van der Waals surface area contributed by atoms with Crippen molar-refractivity contribution in [3.05, 3.63) is 0 Å². The summed E-state index contributed by atoms with van der Waals surface area (Å²) in [5.74, 6) is 0. The molecule has 0 aliphatic heterocycles. The molecule has 0 atom stereocenters. The first-order valence-corrected chi connectivity index (χ1v) is 0.507. The van der Waals surface area contributed by atoms with E-state index in [0.717, 1.165) is 0 Å². The Labute approximate surface area is 46.9 Å². The topological polar surface area (TPSA) is 31.7 Å². The Morgan fingerprint density at radius 3 is 1.00 bits per heavy atom. The summed E-state index contributed by atoms with van der Waals surface area (Å²) in [6.07, 6.45) is 0. The average molecular weight is 135 g/mol. The zero-order valence-corrected chi connectivity index (χ0v) is 4.05. The van der Waals surface area contributed by atoms with Gasteiger partial charge in [-0.2, -0.15) is 0 Å². The van der Waals surface area contributed by atoms with Gasteiger partial charge in [-0.05, 0) is 0 Å². The standard InChI is InChI=1S/F3N.O.Ti/c1-4(2)3;;.